The van der Waals surface area contributed by atoms with Gasteiger partial charge in [-0.2, -0.15) is 0 Å². The van der Waals surface area contributed by atoms with E-state index in [0.717, 1.165) is 15.2 Å². The van der Waals surface area contributed by atoms with Gasteiger partial charge in [0, 0.05) is 0 Å². The number of unbranched alkanes of at least 4 members (excludes halogenated alkanes) is 6. The molecule has 0 amide bonds. The Kier molecular flexibility index (Phi) is 29.3. The van der Waals surface area contributed by atoms with Crippen molar-refractivity contribution in [2.75, 3.05) is 0 Å². The van der Waals surface area contributed by atoms with Gasteiger partial charge in [-0.3, -0.25) is 0 Å². The maximum atomic E-state index is 2.29. The zero-order valence-corrected chi connectivity index (χ0v) is 13.3. The van der Waals surface area contributed by atoms with E-state index in [0.29, 0.717) is 0 Å². The second-order valence-corrected chi connectivity index (χ2v) is 5.72. The lowest BCUT2D eigenvalue weighted by Gasteiger charge is -1.99. The van der Waals surface area contributed by atoms with Crippen molar-refractivity contribution in [3.05, 3.63) is 0 Å². The Morgan fingerprint density at radius 1 is 0.600 bits per heavy atom. The third-order valence-corrected chi connectivity index (χ3v) is 4.16. The van der Waals surface area contributed by atoms with Crippen LogP contribution >= 0.6 is 24.8 Å². The smallest absolute Gasteiger partial charge is 0.147 e. The van der Waals surface area contributed by atoms with Crippen LogP contribution in [0.1, 0.15) is 65.2 Å². The van der Waals surface area contributed by atoms with Crippen molar-refractivity contribution in [2.24, 2.45) is 0 Å². The van der Waals surface area contributed by atoms with E-state index in [1.807, 2.05) is 0 Å². The molecule has 0 N–H and O–H groups in total. The van der Waals surface area contributed by atoms with Crippen molar-refractivity contribution < 1.29 is 0 Å². The molecule has 0 aromatic carbocycles. The van der Waals surface area contributed by atoms with E-state index in [1.54, 1.807) is 10.6 Å². The van der Waals surface area contributed by atoms with Gasteiger partial charge in [-0.05, 0) is 0 Å². The molecule has 0 aliphatic carbocycles. The SMILES string of the molecule is CCCCC[CH2][Al][CH2]CCCCC.Cl.Cl. The molecule has 0 aromatic rings. The molecule has 0 atom stereocenters. The minimum atomic E-state index is 0. The van der Waals surface area contributed by atoms with Crippen LogP contribution < -0.4 is 0 Å². The van der Waals surface area contributed by atoms with E-state index in [2.05, 4.69) is 13.8 Å². The zero-order valence-electron chi connectivity index (χ0n) is 10.5. The van der Waals surface area contributed by atoms with Crippen LogP contribution in [0.5, 0.6) is 0 Å². The monoisotopic (exact) mass is 269 g/mol. The molecule has 0 fully saturated rings. The molecule has 0 aliphatic rings. The highest BCUT2D eigenvalue weighted by atomic mass is 35.5. The van der Waals surface area contributed by atoms with Gasteiger partial charge in [-0.25, -0.2) is 0 Å². The quantitative estimate of drug-likeness (QED) is 0.361. The van der Waals surface area contributed by atoms with Gasteiger partial charge >= 0.3 is 0 Å². The summed E-state index contributed by atoms with van der Waals surface area (Å²) in [6.45, 7) is 4.58. The minimum Gasteiger partial charge on any atom is -0.147 e. The van der Waals surface area contributed by atoms with Crippen molar-refractivity contribution in [2.45, 2.75) is 75.8 Å². The molecular weight excluding hydrogens is 242 g/mol. The second kappa shape index (κ2) is 20.5. The van der Waals surface area contributed by atoms with Crippen molar-refractivity contribution in [1.29, 1.82) is 0 Å². The summed E-state index contributed by atoms with van der Waals surface area (Å²) in [5, 5.41) is 3.12. The first-order valence-electron chi connectivity index (χ1n) is 6.23. The Bertz CT molecular complexity index is 79.7. The molecule has 93 valence electrons. The first-order chi connectivity index (χ1) is 6.41. The standard InChI is InChI=1S/2C6H13.Al.2ClH/c2*1-3-5-6-4-2;;;/h2*1,3-6H2,2H3;;2*1H. The molecule has 15 heavy (non-hydrogen) atoms. The molecule has 3 heteroatoms. The molecule has 0 spiro atoms. The van der Waals surface area contributed by atoms with Gasteiger partial charge in [0.15, 0.2) is 15.2 Å². The zero-order chi connectivity index (χ0) is 9.78. The Labute approximate surface area is 116 Å². The topological polar surface area (TPSA) is 0 Å². The van der Waals surface area contributed by atoms with Gasteiger partial charge in [0.2, 0.25) is 0 Å². The number of hydrogen-bond acceptors (Lipinski definition) is 0. The van der Waals surface area contributed by atoms with Crippen molar-refractivity contribution in [1.82, 2.24) is 0 Å². The van der Waals surface area contributed by atoms with Gasteiger partial charge in [-0.1, -0.05) is 65.2 Å². The van der Waals surface area contributed by atoms with E-state index in [-0.39, 0.29) is 24.8 Å². The lowest BCUT2D eigenvalue weighted by Crippen LogP contribution is -1.89. The van der Waals surface area contributed by atoms with Gasteiger partial charge in [0.05, 0.1) is 0 Å². The fraction of sp³-hybridized carbons (Fsp3) is 1.00. The molecule has 0 unspecified atom stereocenters. The summed E-state index contributed by atoms with van der Waals surface area (Å²) < 4.78 is 0. The van der Waals surface area contributed by atoms with Crippen LogP contribution in [0.3, 0.4) is 0 Å². The molecule has 0 saturated carbocycles. The van der Waals surface area contributed by atoms with Crippen molar-refractivity contribution in [3.8, 4) is 0 Å². The molecule has 0 heterocycles. The molecule has 0 aliphatic heterocycles. The third kappa shape index (κ3) is 21.0. The Hall–Kier alpha value is 1.11. The summed E-state index contributed by atoms with van der Waals surface area (Å²) in [6, 6.07) is 0. The Morgan fingerprint density at radius 2 is 1.00 bits per heavy atom. The highest BCUT2D eigenvalue weighted by molar-refractivity contribution is 6.35. The highest BCUT2D eigenvalue weighted by Gasteiger charge is 1.93. The van der Waals surface area contributed by atoms with E-state index in [1.165, 1.54) is 51.4 Å². The summed E-state index contributed by atoms with van der Waals surface area (Å²) in [6.07, 6.45) is 11.7. The van der Waals surface area contributed by atoms with Crippen molar-refractivity contribution >= 4 is 40.0 Å². The van der Waals surface area contributed by atoms with Crippen LogP contribution in [-0.2, 0) is 0 Å². The molecule has 0 saturated heterocycles. The summed E-state index contributed by atoms with van der Waals surface area (Å²) in [5.74, 6) is 0. The summed E-state index contributed by atoms with van der Waals surface area (Å²) in [7, 11) is 0. The fourth-order valence-electron chi connectivity index (χ4n) is 1.58. The second-order valence-electron chi connectivity index (χ2n) is 3.99. The average Bonchev–Trinajstić information content (AvgIpc) is 2.16. The molecule has 1 radical (unpaired) electrons. The summed E-state index contributed by atoms with van der Waals surface area (Å²) in [4.78, 5) is 0. The molecule has 0 bridgehead atoms. The first kappa shape index (κ1) is 21.4. The molecular formula is C12H28AlCl2. The summed E-state index contributed by atoms with van der Waals surface area (Å²) >= 11 is 0.805. The van der Waals surface area contributed by atoms with E-state index in [9.17, 15) is 0 Å². The number of halogens is 2. The van der Waals surface area contributed by atoms with Crippen LogP contribution in [0.4, 0.5) is 0 Å². The first-order valence-corrected chi connectivity index (χ1v) is 7.86. The van der Waals surface area contributed by atoms with Gasteiger partial charge in [0.25, 0.3) is 0 Å². The number of rotatable bonds is 10. The average molecular weight is 270 g/mol. The maximum absolute atomic E-state index is 2.29. The lowest BCUT2D eigenvalue weighted by molar-refractivity contribution is 0.689. The van der Waals surface area contributed by atoms with Crippen molar-refractivity contribution in [3.63, 3.8) is 0 Å². The van der Waals surface area contributed by atoms with E-state index < -0.39 is 0 Å². The predicted octanol–water partition coefficient (Wildman–Crippen LogP) is 5.53. The Morgan fingerprint density at radius 3 is 1.33 bits per heavy atom. The van der Waals surface area contributed by atoms with Gasteiger partial charge in [-0.15, -0.1) is 35.4 Å². The van der Waals surface area contributed by atoms with Crippen LogP contribution in [0.25, 0.3) is 0 Å². The van der Waals surface area contributed by atoms with Gasteiger partial charge < -0.3 is 0 Å². The van der Waals surface area contributed by atoms with E-state index >= 15 is 0 Å². The molecule has 0 rings (SSSR count). The minimum absolute atomic E-state index is 0. The van der Waals surface area contributed by atoms with Crippen LogP contribution in [0.15, 0.2) is 0 Å². The molecule has 0 nitrogen and oxygen atoms in total. The maximum Gasteiger partial charge on any atom is 0.199 e. The fourth-order valence-corrected chi connectivity index (χ4v) is 3.02. The largest absolute Gasteiger partial charge is 0.199 e. The summed E-state index contributed by atoms with van der Waals surface area (Å²) in [5.41, 5.74) is 0. The van der Waals surface area contributed by atoms with Crippen LogP contribution in [0, 0.1) is 0 Å². The Balaban J connectivity index is -0.000000720. The highest BCUT2D eigenvalue weighted by Crippen LogP contribution is 2.06. The number of hydrogen-bond donors (Lipinski definition) is 0. The molecule has 0 aromatic heterocycles. The third-order valence-electron chi connectivity index (χ3n) is 2.52. The van der Waals surface area contributed by atoms with Crippen LogP contribution in [0.2, 0.25) is 10.6 Å². The predicted molar refractivity (Wildman–Crippen MR) is 78.1 cm³/mol. The van der Waals surface area contributed by atoms with Crippen LogP contribution in [-0.4, -0.2) is 15.2 Å². The normalized spacial score (nSPS) is 8.93. The lowest BCUT2D eigenvalue weighted by atomic mass is 10.2. The van der Waals surface area contributed by atoms with E-state index in [4.69, 9.17) is 0 Å². The van der Waals surface area contributed by atoms with Gasteiger partial charge in [0.1, 0.15) is 0 Å².